The SMILES string of the molecule is Cc1ccc(C(N)(I)CCN)c([N+](=O)[O-])c1.Cl. The first-order chi connectivity index (χ1) is 7.38. The number of nitrogens with two attached hydrogens (primary N) is 2. The molecule has 1 atom stereocenters. The Balaban J connectivity index is 0.00000256. The Morgan fingerprint density at radius 1 is 1.53 bits per heavy atom. The Kier molecular flexibility index (Phi) is 6.31. The lowest BCUT2D eigenvalue weighted by atomic mass is 10.0. The van der Waals surface area contributed by atoms with E-state index in [9.17, 15) is 10.1 Å². The van der Waals surface area contributed by atoms with Crippen LogP contribution in [0.2, 0.25) is 0 Å². The number of benzene rings is 1. The lowest BCUT2D eigenvalue weighted by Gasteiger charge is -2.22. The standard InChI is InChI=1S/C10H14IN3O2.ClH/c1-7-2-3-8(9(6-7)14(15)16)10(11,13)4-5-12;/h2-3,6H,4-5,12-13H2,1H3;1H. The Morgan fingerprint density at radius 3 is 2.59 bits per heavy atom. The van der Waals surface area contributed by atoms with Crippen LogP contribution in [0.1, 0.15) is 17.5 Å². The number of hydrogen-bond donors (Lipinski definition) is 2. The summed E-state index contributed by atoms with van der Waals surface area (Å²) in [4.78, 5) is 10.5. The van der Waals surface area contributed by atoms with Gasteiger partial charge in [0.2, 0.25) is 0 Å². The molecule has 1 aromatic rings. The summed E-state index contributed by atoms with van der Waals surface area (Å²) in [6.07, 6.45) is 0.497. The van der Waals surface area contributed by atoms with Gasteiger partial charge in [-0.15, -0.1) is 12.4 Å². The minimum atomic E-state index is -0.789. The normalized spacial score (nSPS) is 13.6. The van der Waals surface area contributed by atoms with Gasteiger partial charge in [-0.1, -0.05) is 28.7 Å². The molecule has 96 valence electrons. The van der Waals surface area contributed by atoms with Gasteiger partial charge in [0, 0.05) is 6.07 Å². The van der Waals surface area contributed by atoms with Crippen LogP contribution in [0.4, 0.5) is 5.69 Å². The van der Waals surface area contributed by atoms with Gasteiger partial charge in [0.1, 0.15) is 3.55 Å². The zero-order valence-corrected chi connectivity index (χ0v) is 12.3. The molecule has 0 heterocycles. The van der Waals surface area contributed by atoms with Gasteiger partial charge in [0.25, 0.3) is 5.69 Å². The summed E-state index contributed by atoms with van der Waals surface area (Å²) >= 11 is 2.01. The molecule has 0 aromatic heterocycles. The predicted molar refractivity (Wildman–Crippen MR) is 78.6 cm³/mol. The maximum Gasteiger partial charge on any atom is 0.275 e. The smallest absolute Gasteiger partial charge is 0.275 e. The average molecular weight is 372 g/mol. The summed E-state index contributed by atoms with van der Waals surface area (Å²) in [5.41, 5.74) is 12.9. The van der Waals surface area contributed by atoms with E-state index >= 15 is 0 Å². The average Bonchev–Trinajstić information content (AvgIpc) is 2.16. The van der Waals surface area contributed by atoms with Crippen molar-refractivity contribution >= 4 is 40.7 Å². The quantitative estimate of drug-likeness (QED) is 0.279. The maximum atomic E-state index is 10.9. The fraction of sp³-hybridized carbons (Fsp3) is 0.400. The lowest BCUT2D eigenvalue weighted by molar-refractivity contribution is -0.385. The fourth-order valence-electron chi connectivity index (χ4n) is 1.49. The van der Waals surface area contributed by atoms with Crippen molar-refractivity contribution < 1.29 is 4.92 Å². The Labute approximate surface area is 120 Å². The van der Waals surface area contributed by atoms with Crippen LogP contribution in [0, 0.1) is 17.0 Å². The molecule has 0 aliphatic carbocycles. The molecular formula is C10H15ClIN3O2. The third-order valence-electron chi connectivity index (χ3n) is 2.31. The molecule has 0 aliphatic rings. The molecule has 1 unspecified atom stereocenters. The molecule has 4 N–H and O–H groups in total. The number of aryl methyl sites for hydroxylation is 1. The molecule has 0 fully saturated rings. The van der Waals surface area contributed by atoms with E-state index in [-0.39, 0.29) is 18.1 Å². The van der Waals surface area contributed by atoms with Crippen LogP contribution in [-0.2, 0) is 3.55 Å². The summed E-state index contributed by atoms with van der Waals surface area (Å²) in [7, 11) is 0. The highest BCUT2D eigenvalue weighted by atomic mass is 127. The van der Waals surface area contributed by atoms with Crippen molar-refractivity contribution in [3.63, 3.8) is 0 Å². The highest BCUT2D eigenvalue weighted by Crippen LogP contribution is 2.35. The molecule has 1 aromatic carbocycles. The molecule has 0 aliphatic heterocycles. The molecule has 0 saturated carbocycles. The summed E-state index contributed by atoms with van der Waals surface area (Å²) in [5.74, 6) is 0. The molecule has 0 radical (unpaired) electrons. The van der Waals surface area contributed by atoms with Crippen LogP contribution in [0.15, 0.2) is 18.2 Å². The zero-order chi connectivity index (χ0) is 12.3. The number of halogens is 2. The number of nitro benzene ring substituents is 1. The topological polar surface area (TPSA) is 95.2 Å². The molecule has 0 saturated heterocycles. The van der Waals surface area contributed by atoms with Crippen molar-refractivity contribution in [3.05, 3.63) is 39.4 Å². The Morgan fingerprint density at radius 2 is 2.12 bits per heavy atom. The van der Waals surface area contributed by atoms with Gasteiger partial charge in [-0.25, -0.2) is 0 Å². The van der Waals surface area contributed by atoms with Crippen LogP contribution in [-0.4, -0.2) is 11.5 Å². The first-order valence-corrected chi connectivity index (χ1v) is 5.89. The lowest BCUT2D eigenvalue weighted by Crippen LogP contribution is -2.32. The minimum Gasteiger partial charge on any atom is -0.330 e. The Bertz CT molecular complexity index is 413. The van der Waals surface area contributed by atoms with Crippen molar-refractivity contribution in [2.75, 3.05) is 6.54 Å². The first-order valence-electron chi connectivity index (χ1n) is 4.82. The minimum absolute atomic E-state index is 0. The van der Waals surface area contributed by atoms with Gasteiger partial charge < -0.3 is 11.5 Å². The first kappa shape index (κ1) is 16.6. The number of nitrogens with zero attached hydrogens (tertiary/aromatic N) is 1. The summed E-state index contributed by atoms with van der Waals surface area (Å²) in [6, 6.07) is 5.06. The highest BCUT2D eigenvalue weighted by molar-refractivity contribution is 14.1. The predicted octanol–water partition coefficient (Wildman–Crippen LogP) is 2.22. The van der Waals surface area contributed by atoms with E-state index in [1.54, 1.807) is 6.07 Å². The molecular weight excluding hydrogens is 356 g/mol. The van der Waals surface area contributed by atoms with Crippen LogP contribution in [0.25, 0.3) is 0 Å². The van der Waals surface area contributed by atoms with Gasteiger partial charge in [0.05, 0.1) is 10.5 Å². The molecule has 5 nitrogen and oxygen atoms in total. The van der Waals surface area contributed by atoms with E-state index < -0.39 is 8.47 Å². The van der Waals surface area contributed by atoms with Gasteiger partial charge in [0.15, 0.2) is 0 Å². The third kappa shape index (κ3) is 4.06. The van der Waals surface area contributed by atoms with Crippen LogP contribution >= 0.6 is 35.0 Å². The second-order valence-electron chi connectivity index (χ2n) is 3.68. The summed E-state index contributed by atoms with van der Waals surface area (Å²) in [6.45, 7) is 2.20. The van der Waals surface area contributed by atoms with Crippen molar-refractivity contribution in [3.8, 4) is 0 Å². The van der Waals surface area contributed by atoms with Gasteiger partial charge >= 0.3 is 0 Å². The molecule has 1 rings (SSSR count). The number of nitro groups is 1. The van der Waals surface area contributed by atoms with Crippen molar-refractivity contribution in [1.29, 1.82) is 0 Å². The molecule has 0 amide bonds. The van der Waals surface area contributed by atoms with Crippen molar-refractivity contribution in [2.24, 2.45) is 11.5 Å². The van der Waals surface area contributed by atoms with Crippen molar-refractivity contribution in [2.45, 2.75) is 16.9 Å². The monoisotopic (exact) mass is 371 g/mol. The fourth-order valence-corrected chi connectivity index (χ4v) is 2.26. The van der Waals surface area contributed by atoms with E-state index in [2.05, 4.69) is 0 Å². The number of hydrogen-bond acceptors (Lipinski definition) is 4. The number of alkyl halides is 1. The van der Waals surface area contributed by atoms with Crippen molar-refractivity contribution in [1.82, 2.24) is 0 Å². The second-order valence-corrected chi connectivity index (χ2v) is 5.60. The molecule has 7 heteroatoms. The highest BCUT2D eigenvalue weighted by Gasteiger charge is 2.30. The van der Waals surface area contributed by atoms with E-state index in [1.165, 1.54) is 6.07 Å². The van der Waals surface area contributed by atoms with Crippen LogP contribution in [0.3, 0.4) is 0 Å². The van der Waals surface area contributed by atoms with E-state index in [0.717, 1.165) is 5.56 Å². The Hall–Kier alpha value is -0.440. The third-order valence-corrected chi connectivity index (χ3v) is 3.43. The van der Waals surface area contributed by atoms with E-state index in [1.807, 2.05) is 35.6 Å². The van der Waals surface area contributed by atoms with E-state index in [4.69, 9.17) is 11.5 Å². The number of rotatable bonds is 4. The van der Waals surface area contributed by atoms with Crippen LogP contribution in [0.5, 0.6) is 0 Å². The zero-order valence-electron chi connectivity index (χ0n) is 9.35. The maximum absolute atomic E-state index is 10.9. The van der Waals surface area contributed by atoms with Crippen LogP contribution < -0.4 is 11.5 Å². The van der Waals surface area contributed by atoms with Gasteiger partial charge in [-0.2, -0.15) is 0 Å². The summed E-state index contributed by atoms with van der Waals surface area (Å²) < 4.78 is -0.789. The molecule has 0 bridgehead atoms. The van der Waals surface area contributed by atoms with Gasteiger partial charge in [-0.05, 0) is 31.5 Å². The summed E-state index contributed by atoms with van der Waals surface area (Å²) in [5, 5.41) is 10.9. The largest absolute Gasteiger partial charge is 0.330 e. The second kappa shape index (κ2) is 6.48. The molecule has 17 heavy (non-hydrogen) atoms. The van der Waals surface area contributed by atoms with Gasteiger partial charge in [-0.3, -0.25) is 10.1 Å². The molecule has 0 spiro atoms. The van der Waals surface area contributed by atoms with E-state index in [0.29, 0.717) is 18.5 Å².